The normalized spacial score (nSPS) is 21.6. The van der Waals surface area contributed by atoms with Gasteiger partial charge in [-0.25, -0.2) is 18.3 Å². The van der Waals surface area contributed by atoms with E-state index in [9.17, 15) is 13.6 Å². The van der Waals surface area contributed by atoms with Gasteiger partial charge in [0.15, 0.2) is 11.6 Å². The van der Waals surface area contributed by atoms with Crippen LogP contribution in [0.3, 0.4) is 0 Å². The zero-order valence-electron chi connectivity index (χ0n) is 23.9. The van der Waals surface area contributed by atoms with Gasteiger partial charge in [-0.3, -0.25) is 14.9 Å². The van der Waals surface area contributed by atoms with Crippen molar-refractivity contribution in [2.75, 3.05) is 25.6 Å². The molecule has 1 unspecified atom stereocenters. The number of rotatable bonds is 9. The number of anilines is 1. The highest BCUT2D eigenvalue weighted by Crippen LogP contribution is 2.47. The smallest absolute Gasteiger partial charge is 0.320 e. The lowest BCUT2D eigenvalue weighted by Gasteiger charge is -2.30. The van der Waals surface area contributed by atoms with Crippen molar-refractivity contribution in [3.05, 3.63) is 83.7 Å². The van der Waals surface area contributed by atoms with E-state index in [-0.39, 0.29) is 30.1 Å². The van der Waals surface area contributed by atoms with Crippen molar-refractivity contribution in [2.45, 2.75) is 50.2 Å². The first kappa shape index (κ1) is 28.0. The quantitative estimate of drug-likeness (QED) is 0.274. The van der Waals surface area contributed by atoms with Crippen molar-refractivity contribution in [1.82, 2.24) is 29.8 Å². The maximum atomic E-state index is 14.4. The molecule has 2 bridgehead atoms. The number of fused-ring (bicyclic) bond motifs is 2. The summed E-state index contributed by atoms with van der Waals surface area (Å²) in [7, 11) is 3.52. The van der Waals surface area contributed by atoms with Gasteiger partial charge < -0.3 is 10.1 Å². The molecule has 9 nitrogen and oxygen atoms in total. The Kier molecular flexibility index (Phi) is 7.78. The average Bonchev–Trinajstić information content (AvgIpc) is 3.74. The van der Waals surface area contributed by atoms with Crippen molar-refractivity contribution in [3.8, 4) is 16.9 Å². The lowest BCUT2D eigenvalue weighted by molar-refractivity contribution is 0.163. The van der Waals surface area contributed by atoms with E-state index in [2.05, 4.69) is 20.6 Å². The van der Waals surface area contributed by atoms with Crippen LogP contribution in [0.25, 0.3) is 16.9 Å². The number of nitrogens with zero attached hydrogens (tertiary/aromatic N) is 5. The maximum Gasteiger partial charge on any atom is 0.320 e. The second-order valence-electron chi connectivity index (χ2n) is 11.1. The molecule has 2 aliphatic heterocycles. The fourth-order valence-corrected chi connectivity index (χ4v) is 6.74. The Hall–Kier alpha value is -4.09. The lowest BCUT2D eigenvalue weighted by Crippen LogP contribution is -2.48. The number of carbonyl (C=O) groups excluding carboxylic acids is 1. The molecular weight excluding hydrogens is 540 g/mol. The van der Waals surface area contributed by atoms with Crippen LogP contribution in [-0.4, -0.2) is 68.9 Å². The second kappa shape index (κ2) is 11.7. The molecule has 2 saturated heterocycles. The third-order valence-corrected chi connectivity index (χ3v) is 8.55. The number of aryl methyl sites for hydroxylation is 1. The van der Waals surface area contributed by atoms with Crippen molar-refractivity contribution in [2.24, 2.45) is 7.05 Å². The van der Waals surface area contributed by atoms with E-state index in [1.165, 1.54) is 12.1 Å². The maximum absolute atomic E-state index is 14.4. The van der Waals surface area contributed by atoms with Crippen LogP contribution in [0.4, 0.5) is 19.4 Å². The average molecular weight is 576 g/mol. The molecule has 0 radical (unpaired) electrons. The monoisotopic (exact) mass is 575 g/mol. The third-order valence-electron chi connectivity index (χ3n) is 8.55. The van der Waals surface area contributed by atoms with E-state index in [1.807, 2.05) is 50.5 Å². The van der Waals surface area contributed by atoms with Crippen molar-refractivity contribution in [1.29, 1.82) is 0 Å². The summed E-state index contributed by atoms with van der Waals surface area (Å²) in [4.78, 5) is 16.1. The lowest BCUT2D eigenvalue weighted by atomic mass is 9.80. The van der Waals surface area contributed by atoms with Crippen molar-refractivity contribution < 1.29 is 18.3 Å². The Morgan fingerprint density at radius 3 is 2.60 bits per heavy atom. The largest absolute Gasteiger partial charge is 0.385 e. The number of amides is 2. The van der Waals surface area contributed by atoms with Gasteiger partial charge in [0.1, 0.15) is 11.5 Å². The number of hydrogen-bond acceptors (Lipinski definition) is 5. The van der Waals surface area contributed by atoms with E-state index < -0.39 is 11.6 Å². The molecule has 0 saturated carbocycles. The zero-order valence-corrected chi connectivity index (χ0v) is 23.9. The summed E-state index contributed by atoms with van der Waals surface area (Å²) in [6.07, 6.45) is 6.31. The van der Waals surface area contributed by atoms with Crippen LogP contribution in [0.2, 0.25) is 0 Å². The summed E-state index contributed by atoms with van der Waals surface area (Å²) in [5.41, 5.74) is 3.84. The van der Waals surface area contributed by atoms with E-state index in [4.69, 9.17) is 9.84 Å². The Bertz CT molecular complexity index is 1570. The van der Waals surface area contributed by atoms with Crippen LogP contribution >= 0.6 is 0 Å². The van der Waals surface area contributed by atoms with Gasteiger partial charge in [0, 0.05) is 62.6 Å². The van der Waals surface area contributed by atoms with Crippen molar-refractivity contribution >= 4 is 11.8 Å². The Labute approximate surface area is 243 Å². The molecule has 4 heterocycles. The number of para-hydroxylation sites is 1. The molecule has 4 aromatic rings. The number of halogens is 2. The first-order chi connectivity index (χ1) is 20.4. The Balaban J connectivity index is 1.31. The molecule has 2 fully saturated rings. The molecule has 11 heteroatoms. The second-order valence-corrected chi connectivity index (χ2v) is 11.1. The van der Waals surface area contributed by atoms with Gasteiger partial charge >= 0.3 is 6.03 Å². The number of benzene rings is 2. The summed E-state index contributed by atoms with van der Waals surface area (Å²) in [5, 5.41) is 15.4. The van der Waals surface area contributed by atoms with Crippen LogP contribution in [0, 0.1) is 18.6 Å². The molecule has 2 aromatic carbocycles. The highest BCUT2D eigenvalue weighted by Gasteiger charge is 2.53. The van der Waals surface area contributed by atoms with Crippen LogP contribution in [0.1, 0.15) is 36.3 Å². The Morgan fingerprint density at radius 2 is 1.88 bits per heavy atom. The Morgan fingerprint density at radius 1 is 1.10 bits per heavy atom. The summed E-state index contributed by atoms with van der Waals surface area (Å²) < 4.78 is 36.9. The van der Waals surface area contributed by atoms with Gasteiger partial charge in [-0.2, -0.15) is 10.2 Å². The molecule has 4 atom stereocenters. The standard InChI is InChI=1S/C31H35F2N7O2/c1-19-28(21-17-34-38(2)18-21)37-40(22-8-5-4-6-9-22)30(19)36-31(41)35-29-26-13-12-25(39(26)14-7-15-42-3)27(29)20-10-11-23(32)24(33)16-20/h4-6,8-11,16-18,25-27,29H,7,12-15H2,1-3H3,(H2,35,36,41)/t25?,26-,27-,29-/m1/s1. The van der Waals surface area contributed by atoms with Crippen molar-refractivity contribution in [3.63, 3.8) is 0 Å². The first-order valence-electron chi connectivity index (χ1n) is 14.3. The van der Waals surface area contributed by atoms with E-state index in [0.717, 1.165) is 42.6 Å². The number of aromatic nitrogens is 4. The highest BCUT2D eigenvalue weighted by molar-refractivity contribution is 5.91. The molecular formula is C31H35F2N7O2. The van der Waals surface area contributed by atoms with E-state index >= 15 is 0 Å². The zero-order chi connectivity index (χ0) is 29.4. The highest BCUT2D eigenvalue weighted by atomic mass is 19.2. The fraction of sp³-hybridized carbons (Fsp3) is 0.387. The molecule has 2 N–H and O–H groups in total. The number of methoxy groups -OCH3 is 1. The fourth-order valence-electron chi connectivity index (χ4n) is 6.74. The summed E-state index contributed by atoms with van der Waals surface area (Å²) >= 11 is 0. The summed E-state index contributed by atoms with van der Waals surface area (Å²) in [5.74, 6) is -1.40. The van der Waals surface area contributed by atoms with Gasteiger partial charge in [0.2, 0.25) is 0 Å². The molecule has 2 aliphatic rings. The van der Waals surface area contributed by atoms with E-state index in [0.29, 0.717) is 23.7 Å². The van der Waals surface area contributed by atoms with Crippen LogP contribution in [0.5, 0.6) is 0 Å². The predicted molar refractivity (Wildman–Crippen MR) is 156 cm³/mol. The van der Waals surface area contributed by atoms with Crippen LogP contribution in [-0.2, 0) is 11.8 Å². The minimum Gasteiger partial charge on any atom is -0.385 e. The molecule has 2 amide bonds. The number of carbonyl (C=O) groups is 1. The number of ether oxygens (including phenoxy) is 1. The molecule has 2 aromatic heterocycles. The van der Waals surface area contributed by atoms with Gasteiger partial charge in [-0.05, 0) is 56.0 Å². The molecule has 6 rings (SSSR count). The van der Waals surface area contributed by atoms with Crippen LogP contribution < -0.4 is 10.6 Å². The van der Waals surface area contributed by atoms with Gasteiger partial charge in [0.05, 0.1) is 17.9 Å². The molecule has 0 aliphatic carbocycles. The van der Waals surface area contributed by atoms with Crippen LogP contribution in [0.15, 0.2) is 60.9 Å². The molecule has 220 valence electrons. The SMILES string of the molecule is COCCCN1C2CC[C@@H]1[C@@H](NC(=O)Nc1c(C)c(-c3cnn(C)c3)nn1-c1ccccc1)[C@@H]2c1ccc(F)c(F)c1. The number of hydrogen-bond donors (Lipinski definition) is 2. The van der Waals surface area contributed by atoms with Gasteiger partial charge in [-0.15, -0.1) is 0 Å². The molecule has 0 spiro atoms. The minimum absolute atomic E-state index is 0.0711. The topological polar surface area (TPSA) is 89.2 Å². The minimum atomic E-state index is -0.880. The van der Waals surface area contributed by atoms with Gasteiger partial charge in [0.25, 0.3) is 0 Å². The first-order valence-corrected chi connectivity index (χ1v) is 14.3. The number of nitrogens with one attached hydrogen (secondary N) is 2. The third kappa shape index (κ3) is 5.18. The van der Waals surface area contributed by atoms with Gasteiger partial charge in [-0.1, -0.05) is 24.3 Å². The number of urea groups is 1. The predicted octanol–water partition coefficient (Wildman–Crippen LogP) is 5.02. The summed E-state index contributed by atoms with van der Waals surface area (Å²) in [6, 6.07) is 13.2. The summed E-state index contributed by atoms with van der Waals surface area (Å²) in [6.45, 7) is 3.35. The van der Waals surface area contributed by atoms with E-state index in [1.54, 1.807) is 28.7 Å². The molecule has 42 heavy (non-hydrogen) atoms.